The summed E-state index contributed by atoms with van der Waals surface area (Å²) in [7, 11) is 0. The Morgan fingerprint density at radius 3 is 2.47 bits per heavy atom. The third-order valence-corrected chi connectivity index (χ3v) is 4.09. The third kappa shape index (κ3) is 3.18. The molecule has 2 rings (SSSR count). The van der Waals surface area contributed by atoms with E-state index in [-0.39, 0.29) is 0 Å². The number of rotatable bonds is 5. The van der Waals surface area contributed by atoms with Crippen LogP contribution in [0.5, 0.6) is 0 Å². The average Bonchev–Trinajstić information content (AvgIpc) is 2.76. The van der Waals surface area contributed by atoms with Crippen molar-refractivity contribution in [1.82, 2.24) is 5.32 Å². The molecular weight excluding hydrogens is 226 g/mol. The molecule has 1 heterocycles. The quantitative estimate of drug-likeness (QED) is 0.842. The van der Waals surface area contributed by atoms with Crippen LogP contribution in [0.4, 0.5) is 0 Å². The minimum Gasteiger partial charge on any atom is -0.308 e. The minimum atomic E-state index is 0.960. The van der Waals surface area contributed by atoms with E-state index >= 15 is 0 Å². The molecule has 2 aromatic rings. The highest BCUT2D eigenvalue weighted by Crippen LogP contribution is 2.15. The molecule has 0 saturated carbocycles. The van der Waals surface area contributed by atoms with Crippen LogP contribution in [0.3, 0.4) is 0 Å². The Kier molecular flexibility index (Phi) is 4.35. The van der Waals surface area contributed by atoms with Gasteiger partial charge >= 0.3 is 0 Å². The maximum absolute atomic E-state index is 3.53. The molecule has 1 nitrogen and oxygen atoms in total. The van der Waals surface area contributed by atoms with Crippen LogP contribution in [0.2, 0.25) is 0 Å². The van der Waals surface area contributed by atoms with Crippen molar-refractivity contribution in [3.8, 4) is 0 Å². The van der Waals surface area contributed by atoms with Gasteiger partial charge in [-0.15, -0.1) is 11.3 Å². The molecule has 90 valence electrons. The van der Waals surface area contributed by atoms with Crippen molar-refractivity contribution in [3.05, 3.63) is 57.3 Å². The van der Waals surface area contributed by atoms with Crippen molar-refractivity contribution in [2.45, 2.75) is 33.4 Å². The Hall–Kier alpha value is -1.12. The second-order valence-corrected chi connectivity index (χ2v) is 5.25. The summed E-state index contributed by atoms with van der Waals surface area (Å²) in [6.45, 7) is 6.32. The van der Waals surface area contributed by atoms with Crippen molar-refractivity contribution < 1.29 is 0 Å². The van der Waals surface area contributed by atoms with E-state index in [9.17, 15) is 0 Å². The van der Waals surface area contributed by atoms with E-state index in [0.717, 1.165) is 19.5 Å². The number of aryl methyl sites for hydroxylation is 2. The molecule has 17 heavy (non-hydrogen) atoms. The highest BCUT2D eigenvalue weighted by molar-refractivity contribution is 7.10. The first-order valence-corrected chi connectivity index (χ1v) is 6.99. The van der Waals surface area contributed by atoms with Gasteiger partial charge in [0.05, 0.1) is 0 Å². The van der Waals surface area contributed by atoms with Crippen molar-refractivity contribution >= 4 is 11.3 Å². The summed E-state index contributed by atoms with van der Waals surface area (Å²) in [6, 6.07) is 10.8. The second-order valence-electron chi connectivity index (χ2n) is 4.25. The fourth-order valence-corrected chi connectivity index (χ4v) is 2.85. The summed E-state index contributed by atoms with van der Waals surface area (Å²) in [5.41, 5.74) is 4.26. The van der Waals surface area contributed by atoms with Crippen molar-refractivity contribution in [3.63, 3.8) is 0 Å². The molecule has 0 aliphatic carbocycles. The van der Waals surface area contributed by atoms with Crippen molar-refractivity contribution in [2.75, 3.05) is 0 Å². The molecule has 0 aliphatic heterocycles. The van der Waals surface area contributed by atoms with Gasteiger partial charge in [-0.1, -0.05) is 31.2 Å². The summed E-state index contributed by atoms with van der Waals surface area (Å²) in [5, 5.41) is 5.69. The summed E-state index contributed by atoms with van der Waals surface area (Å²) in [6.07, 6.45) is 1.11. The second kappa shape index (κ2) is 5.99. The van der Waals surface area contributed by atoms with Crippen LogP contribution in [0.15, 0.2) is 35.7 Å². The predicted octanol–water partition coefficient (Wildman–Crippen LogP) is 3.91. The van der Waals surface area contributed by atoms with E-state index in [1.165, 1.54) is 21.6 Å². The Morgan fingerprint density at radius 1 is 1.06 bits per heavy atom. The molecule has 0 radical (unpaired) electrons. The van der Waals surface area contributed by atoms with Crippen molar-refractivity contribution in [2.24, 2.45) is 0 Å². The van der Waals surface area contributed by atoms with Gasteiger partial charge in [0, 0.05) is 18.0 Å². The van der Waals surface area contributed by atoms with E-state index in [2.05, 4.69) is 54.9 Å². The molecule has 0 atom stereocenters. The lowest BCUT2D eigenvalue weighted by atomic mass is 10.1. The number of hydrogen-bond acceptors (Lipinski definition) is 2. The van der Waals surface area contributed by atoms with E-state index in [1.54, 1.807) is 0 Å². The van der Waals surface area contributed by atoms with Crippen molar-refractivity contribution in [1.29, 1.82) is 0 Å². The summed E-state index contributed by atoms with van der Waals surface area (Å²) >= 11 is 1.83. The number of hydrogen-bond donors (Lipinski definition) is 1. The van der Waals surface area contributed by atoms with Crippen LogP contribution in [0, 0.1) is 6.92 Å². The number of benzene rings is 1. The Bertz CT molecular complexity index is 473. The maximum Gasteiger partial charge on any atom is 0.0305 e. The molecule has 0 fully saturated rings. The summed E-state index contributed by atoms with van der Waals surface area (Å²) in [4.78, 5) is 1.44. The van der Waals surface area contributed by atoms with E-state index in [1.807, 2.05) is 11.3 Å². The summed E-state index contributed by atoms with van der Waals surface area (Å²) < 4.78 is 0. The molecule has 0 bridgehead atoms. The van der Waals surface area contributed by atoms with E-state index in [0.29, 0.717) is 0 Å². The van der Waals surface area contributed by atoms with Gasteiger partial charge in [-0.3, -0.25) is 0 Å². The first kappa shape index (κ1) is 12.3. The SMILES string of the molecule is CCc1ccccc1CNCc1sccc1C. The first-order valence-electron chi connectivity index (χ1n) is 6.11. The van der Waals surface area contributed by atoms with E-state index in [4.69, 9.17) is 0 Å². The smallest absolute Gasteiger partial charge is 0.0305 e. The number of thiophene rings is 1. The Labute approximate surface area is 108 Å². The highest BCUT2D eigenvalue weighted by Gasteiger charge is 2.01. The predicted molar refractivity (Wildman–Crippen MR) is 75.4 cm³/mol. The fraction of sp³-hybridized carbons (Fsp3) is 0.333. The molecule has 0 unspecified atom stereocenters. The largest absolute Gasteiger partial charge is 0.308 e. The fourth-order valence-electron chi connectivity index (χ4n) is 1.97. The van der Waals surface area contributed by atoms with Gasteiger partial charge in [-0.05, 0) is 41.5 Å². The van der Waals surface area contributed by atoms with Crippen LogP contribution in [-0.4, -0.2) is 0 Å². The van der Waals surface area contributed by atoms with Gasteiger partial charge in [0.1, 0.15) is 0 Å². The monoisotopic (exact) mass is 245 g/mol. The molecule has 1 aromatic heterocycles. The molecule has 2 heteroatoms. The standard InChI is InChI=1S/C15H19NS/c1-3-13-6-4-5-7-14(13)10-16-11-15-12(2)8-9-17-15/h4-9,16H,3,10-11H2,1-2H3. The molecule has 1 aromatic carbocycles. The van der Waals surface area contributed by atoms with Gasteiger partial charge in [0.2, 0.25) is 0 Å². The molecule has 0 amide bonds. The van der Waals surface area contributed by atoms with Gasteiger partial charge < -0.3 is 5.32 Å². The third-order valence-electron chi connectivity index (χ3n) is 3.07. The van der Waals surface area contributed by atoms with Crippen LogP contribution < -0.4 is 5.32 Å². The van der Waals surface area contributed by atoms with Gasteiger partial charge in [-0.25, -0.2) is 0 Å². The molecular formula is C15H19NS. The zero-order valence-corrected chi connectivity index (χ0v) is 11.3. The zero-order chi connectivity index (χ0) is 12.1. The first-order chi connectivity index (χ1) is 8.31. The molecule has 0 saturated heterocycles. The number of nitrogens with one attached hydrogen (secondary N) is 1. The molecule has 0 aliphatic rings. The molecule has 1 N–H and O–H groups in total. The van der Waals surface area contributed by atoms with Crippen LogP contribution >= 0.6 is 11.3 Å². The zero-order valence-electron chi connectivity index (χ0n) is 10.5. The normalized spacial score (nSPS) is 10.7. The lowest BCUT2D eigenvalue weighted by Crippen LogP contribution is -2.13. The lowest BCUT2D eigenvalue weighted by molar-refractivity contribution is 0.693. The van der Waals surface area contributed by atoms with Crippen LogP contribution in [0.25, 0.3) is 0 Å². The summed E-state index contributed by atoms with van der Waals surface area (Å²) in [5.74, 6) is 0. The lowest BCUT2D eigenvalue weighted by Gasteiger charge is -2.08. The minimum absolute atomic E-state index is 0.960. The van der Waals surface area contributed by atoms with Gasteiger partial charge in [0.15, 0.2) is 0 Å². The topological polar surface area (TPSA) is 12.0 Å². The molecule has 0 spiro atoms. The Balaban J connectivity index is 1.92. The van der Waals surface area contributed by atoms with E-state index < -0.39 is 0 Å². The maximum atomic E-state index is 3.53. The van der Waals surface area contributed by atoms with Crippen LogP contribution in [0.1, 0.15) is 28.5 Å². The highest BCUT2D eigenvalue weighted by atomic mass is 32.1. The Morgan fingerprint density at radius 2 is 1.82 bits per heavy atom. The van der Waals surface area contributed by atoms with Gasteiger partial charge in [-0.2, -0.15) is 0 Å². The van der Waals surface area contributed by atoms with Gasteiger partial charge in [0.25, 0.3) is 0 Å². The average molecular weight is 245 g/mol. The van der Waals surface area contributed by atoms with Crippen LogP contribution in [-0.2, 0) is 19.5 Å².